The van der Waals surface area contributed by atoms with E-state index in [4.69, 9.17) is 10.5 Å². The zero-order valence-electron chi connectivity index (χ0n) is 11.7. The number of imide groups is 1. The molecule has 2 aromatic rings. The molecule has 1 atom stereocenters. The molecule has 114 valence electrons. The quantitative estimate of drug-likeness (QED) is 0.738. The average Bonchev–Trinajstić information content (AvgIpc) is 2.47. The molecule has 7 heteroatoms. The number of primary amides is 1. The van der Waals surface area contributed by atoms with E-state index < -0.39 is 24.0 Å². The highest BCUT2D eigenvalue weighted by Gasteiger charge is 2.22. The second-order valence-electron chi connectivity index (χ2n) is 4.58. The van der Waals surface area contributed by atoms with Crippen molar-refractivity contribution in [1.82, 2.24) is 5.32 Å². The Morgan fingerprint density at radius 3 is 2.55 bits per heavy atom. The number of carbonyl (C=O) groups is 3. The van der Waals surface area contributed by atoms with Crippen molar-refractivity contribution in [2.24, 2.45) is 5.73 Å². The molecule has 0 heterocycles. The maximum Gasteiger partial charge on any atom is 0.342 e. The molecule has 0 aliphatic carbocycles. The number of esters is 1. The summed E-state index contributed by atoms with van der Waals surface area (Å²) in [6.07, 6.45) is -1.23. The van der Waals surface area contributed by atoms with Gasteiger partial charge in [-0.3, -0.25) is 10.1 Å². The van der Waals surface area contributed by atoms with Gasteiger partial charge in [-0.15, -0.1) is 0 Å². The van der Waals surface area contributed by atoms with Gasteiger partial charge < -0.3 is 15.6 Å². The van der Waals surface area contributed by atoms with E-state index in [-0.39, 0.29) is 11.3 Å². The van der Waals surface area contributed by atoms with Crippen molar-refractivity contribution in [2.75, 3.05) is 0 Å². The summed E-state index contributed by atoms with van der Waals surface area (Å²) >= 11 is 0. The maximum atomic E-state index is 12.0. The van der Waals surface area contributed by atoms with Gasteiger partial charge in [0.2, 0.25) is 0 Å². The van der Waals surface area contributed by atoms with Crippen LogP contribution in [0.1, 0.15) is 17.3 Å². The summed E-state index contributed by atoms with van der Waals surface area (Å²) in [4.78, 5) is 34.1. The van der Waals surface area contributed by atoms with Crippen LogP contribution in [-0.2, 0) is 9.53 Å². The second-order valence-corrected chi connectivity index (χ2v) is 4.58. The van der Waals surface area contributed by atoms with Crippen molar-refractivity contribution >= 4 is 28.7 Å². The normalized spacial score (nSPS) is 11.7. The van der Waals surface area contributed by atoms with Gasteiger partial charge in [0.25, 0.3) is 5.91 Å². The van der Waals surface area contributed by atoms with Crippen LogP contribution >= 0.6 is 0 Å². The minimum absolute atomic E-state index is 0.0718. The van der Waals surface area contributed by atoms with Crippen LogP contribution in [0.5, 0.6) is 5.75 Å². The van der Waals surface area contributed by atoms with E-state index in [9.17, 15) is 19.5 Å². The first-order valence-electron chi connectivity index (χ1n) is 6.42. The molecular weight excluding hydrogens is 288 g/mol. The summed E-state index contributed by atoms with van der Waals surface area (Å²) in [5.41, 5.74) is 4.74. The largest absolute Gasteiger partial charge is 0.506 e. The van der Waals surface area contributed by atoms with E-state index in [1.165, 1.54) is 13.0 Å². The Bertz CT molecular complexity index is 757. The zero-order chi connectivity index (χ0) is 16.3. The molecule has 2 rings (SSSR count). The van der Waals surface area contributed by atoms with Crippen LogP contribution in [0.25, 0.3) is 10.8 Å². The molecular formula is C15H14N2O5. The average molecular weight is 302 g/mol. The molecule has 0 saturated carbocycles. The fraction of sp³-hybridized carbons (Fsp3) is 0.133. The predicted molar refractivity (Wildman–Crippen MR) is 78.2 cm³/mol. The molecule has 3 amide bonds. The van der Waals surface area contributed by atoms with Crippen molar-refractivity contribution < 1.29 is 24.2 Å². The SMILES string of the molecule is C[C@@H](OC(=O)c1ccc2ccccc2c1O)C(=O)NC(N)=O. The van der Waals surface area contributed by atoms with Gasteiger partial charge in [0.1, 0.15) is 11.3 Å². The van der Waals surface area contributed by atoms with Gasteiger partial charge in [0.05, 0.1) is 0 Å². The van der Waals surface area contributed by atoms with Gasteiger partial charge >= 0.3 is 12.0 Å². The summed E-state index contributed by atoms with van der Waals surface area (Å²) in [5, 5.41) is 13.2. The van der Waals surface area contributed by atoms with E-state index in [0.717, 1.165) is 5.39 Å². The number of urea groups is 1. The minimum Gasteiger partial charge on any atom is -0.506 e. The minimum atomic E-state index is -1.23. The topological polar surface area (TPSA) is 119 Å². The molecule has 2 aromatic carbocycles. The van der Waals surface area contributed by atoms with E-state index >= 15 is 0 Å². The number of benzene rings is 2. The number of rotatable bonds is 3. The number of hydrogen-bond donors (Lipinski definition) is 3. The molecule has 0 fully saturated rings. The monoisotopic (exact) mass is 302 g/mol. The fourth-order valence-corrected chi connectivity index (χ4v) is 1.92. The number of phenols is 1. The lowest BCUT2D eigenvalue weighted by Gasteiger charge is -2.13. The highest BCUT2D eigenvalue weighted by atomic mass is 16.5. The fourth-order valence-electron chi connectivity index (χ4n) is 1.92. The molecule has 0 radical (unpaired) electrons. The number of fused-ring (bicyclic) bond motifs is 1. The molecule has 0 aliphatic heterocycles. The molecule has 4 N–H and O–H groups in total. The van der Waals surface area contributed by atoms with Gasteiger partial charge in [-0.25, -0.2) is 9.59 Å². The summed E-state index contributed by atoms with van der Waals surface area (Å²) < 4.78 is 4.91. The summed E-state index contributed by atoms with van der Waals surface area (Å²) in [7, 11) is 0. The van der Waals surface area contributed by atoms with Crippen LogP contribution in [0.15, 0.2) is 36.4 Å². The first kappa shape index (κ1) is 15.3. The molecule has 22 heavy (non-hydrogen) atoms. The number of hydrogen-bond acceptors (Lipinski definition) is 5. The van der Waals surface area contributed by atoms with Gasteiger partial charge in [0.15, 0.2) is 6.10 Å². The second kappa shape index (κ2) is 6.13. The lowest BCUT2D eigenvalue weighted by Crippen LogP contribution is -2.42. The summed E-state index contributed by atoms with van der Waals surface area (Å²) in [5.74, 6) is -1.96. The molecule has 0 aromatic heterocycles. The number of phenolic OH excluding ortho intramolecular Hbond substituents is 1. The number of nitrogens with two attached hydrogens (primary N) is 1. The van der Waals surface area contributed by atoms with Gasteiger partial charge in [-0.2, -0.15) is 0 Å². The number of amides is 3. The standard InChI is InChI=1S/C15H14N2O5/c1-8(13(19)17-15(16)21)22-14(20)11-7-6-9-4-2-3-5-10(9)12(11)18/h2-8,18H,1H3,(H3,16,17,19,21)/t8-/m1/s1. The van der Waals surface area contributed by atoms with Crippen molar-refractivity contribution in [1.29, 1.82) is 0 Å². The third-order valence-corrected chi connectivity index (χ3v) is 3.02. The van der Waals surface area contributed by atoms with Crippen molar-refractivity contribution in [3.63, 3.8) is 0 Å². The van der Waals surface area contributed by atoms with Crippen LogP contribution in [0.4, 0.5) is 4.79 Å². The predicted octanol–water partition coefficient (Wildman–Crippen LogP) is 1.29. The highest BCUT2D eigenvalue weighted by Crippen LogP contribution is 2.29. The third-order valence-electron chi connectivity index (χ3n) is 3.02. The Hall–Kier alpha value is -3.09. The Morgan fingerprint density at radius 1 is 1.18 bits per heavy atom. The molecule has 0 saturated heterocycles. The Kier molecular flexibility index (Phi) is 4.26. The smallest absolute Gasteiger partial charge is 0.342 e. The van der Waals surface area contributed by atoms with Crippen LogP contribution in [0, 0.1) is 0 Å². The Labute approximate surface area is 125 Å². The number of nitrogens with one attached hydrogen (secondary N) is 1. The lowest BCUT2D eigenvalue weighted by atomic mass is 10.1. The van der Waals surface area contributed by atoms with Crippen LogP contribution in [0.3, 0.4) is 0 Å². The van der Waals surface area contributed by atoms with Crippen molar-refractivity contribution in [2.45, 2.75) is 13.0 Å². The van der Waals surface area contributed by atoms with E-state index in [1.54, 1.807) is 35.6 Å². The van der Waals surface area contributed by atoms with Crippen molar-refractivity contribution in [3.8, 4) is 5.75 Å². The van der Waals surface area contributed by atoms with E-state index in [2.05, 4.69) is 0 Å². The first-order valence-corrected chi connectivity index (χ1v) is 6.42. The third kappa shape index (κ3) is 3.14. The van der Waals surface area contributed by atoms with Crippen LogP contribution in [-0.4, -0.2) is 29.1 Å². The molecule has 0 bridgehead atoms. The molecule has 7 nitrogen and oxygen atoms in total. The highest BCUT2D eigenvalue weighted by molar-refractivity contribution is 6.02. The van der Waals surface area contributed by atoms with Gasteiger partial charge in [0, 0.05) is 5.39 Å². The Morgan fingerprint density at radius 2 is 1.86 bits per heavy atom. The summed E-state index contributed by atoms with van der Waals surface area (Å²) in [6.45, 7) is 1.29. The van der Waals surface area contributed by atoms with E-state index in [0.29, 0.717) is 5.39 Å². The van der Waals surface area contributed by atoms with Crippen molar-refractivity contribution in [3.05, 3.63) is 42.0 Å². The Balaban J connectivity index is 2.21. The molecule has 0 spiro atoms. The first-order chi connectivity index (χ1) is 10.4. The van der Waals surface area contributed by atoms with Gasteiger partial charge in [-0.05, 0) is 18.4 Å². The van der Waals surface area contributed by atoms with Gasteiger partial charge in [-0.1, -0.05) is 30.3 Å². The number of carbonyl (C=O) groups excluding carboxylic acids is 3. The molecule has 0 aliphatic rings. The van der Waals surface area contributed by atoms with Crippen LogP contribution in [0.2, 0.25) is 0 Å². The lowest BCUT2D eigenvalue weighted by molar-refractivity contribution is -0.127. The summed E-state index contributed by atoms with van der Waals surface area (Å²) in [6, 6.07) is 8.98. The van der Waals surface area contributed by atoms with Crippen LogP contribution < -0.4 is 11.1 Å². The number of aromatic hydroxyl groups is 1. The molecule has 0 unspecified atom stereocenters. The maximum absolute atomic E-state index is 12.0. The number of ether oxygens (including phenoxy) is 1. The van der Waals surface area contributed by atoms with E-state index in [1.807, 2.05) is 0 Å². The zero-order valence-corrected chi connectivity index (χ0v) is 11.7.